The number of para-hydroxylation sites is 2. The summed E-state index contributed by atoms with van der Waals surface area (Å²) < 4.78 is 17.3. The number of methoxy groups -OCH3 is 2. The third-order valence-corrected chi connectivity index (χ3v) is 5.53. The standard InChI is InChI=1S/C24H22N2O3/c1-27-17-13-11-16(12-14-17)20-15-21-18-7-3-6-10-23(18)29-24(26(21)25-20)19-8-4-5-9-22(19)28-2/h3-14,21,24H,15H2,1-2H3/t21-,24+/m0/s1. The zero-order chi connectivity index (χ0) is 19.8. The van der Waals surface area contributed by atoms with E-state index in [1.54, 1.807) is 14.2 Å². The lowest BCUT2D eigenvalue weighted by atomic mass is 9.96. The minimum Gasteiger partial charge on any atom is -0.497 e. The van der Waals surface area contributed by atoms with Crippen molar-refractivity contribution in [1.29, 1.82) is 0 Å². The van der Waals surface area contributed by atoms with Crippen LogP contribution in [0.4, 0.5) is 0 Å². The van der Waals surface area contributed by atoms with Gasteiger partial charge >= 0.3 is 0 Å². The van der Waals surface area contributed by atoms with Gasteiger partial charge in [0.2, 0.25) is 6.23 Å². The van der Waals surface area contributed by atoms with Crippen molar-refractivity contribution in [3.8, 4) is 17.2 Å². The predicted octanol–water partition coefficient (Wildman–Crippen LogP) is 4.95. The Balaban J connectivity index is 1.58. The van der Waals surface area contributed by atoms with Crippen LogP contribution in [0.25, 0.3) is 0 Å². The normalized spacial score (nSPS) is 19.7. The fourth-order valence-electron chi connectivity index (χ4n) is 4.07. The van der Waals surface area contributed by atoms with Gasteiger partial charge in [-0.15, -0.1) is 0 Å². The summed E-state index contributed by atoms with van der Waals surface area (Å²) in [5, 5.41) is 7.07. The Morgan fingerprint density at radius 3 is 2.34 bits per heavy atom. The molecule has 0 bridgehead atoms. The van der Waals surface area contributed by atoms with Crippen molar-refractivity contribution in [2.75, 3.05) is 14.2 Å². The quantitative estimate of drug-likeness (QED) is 0.637. The second kappa shape index (κ2) is 7.17. The molecule has 0 radical (unpaired) electrons. The molecule has 0 aromatic heterocycles. The summed E-state index contributed by atoms with van der Waals surface area (Å²) in [5.74, 6) is 2.53. The smallest absolute Gasteiger partial charge is 0.217 e. The van der Waals surface area contributed by atoms with Crippen LogP contribution in [0.1, 0.15) is 35.4 Å². The van der Waals surface area contributed by atoms with Gasteiger partial charge in [0.1, 0.15) is 17.2 Å². The van der Waals surface area contributed by atoms with Crippen molar-refractivity contribution in [3.63, 3.8) is 0 Å². The first-order chi connectivity index (χ1) is 14.3. The van der Waals surface area contributed by atoms with Crippen molar-refractivity contribution < 1.29 is 14.2 Å². The summed E-state index contributed by atoms with van der Waals surface area (Å²) >= 11 is 0. The number of hydrazone groups is 1. The lowest BCUT2D eigenvalue weighted by Gasteiger charge is -2.38. The molecule has 0 saturated carbocycles. The Bertz CT molecular complexity index is 1060. The van der Waals surface area contributed by atoms with Gasteiger partial charge in [-0.25, -0.2) is 5.01 Å². The van der Waals surface area contributed by atoms with E-state index in [0.717, 1.165) is 46.1 Å². The molecule has 0 N–H and O–H groups in total. The molecular formula is C24H22N2O3. The van der Waals surface area contributed by atoms with Gasteiger partial charge in [0, 0.05) is 12.0 Å². The van der Waals surface area contributed by atoms with Crippen molar-refractivity contribution in [2.24, 2.45) is 5.10 Å². The summed E-state index contributed by atoms with van der Waals surface area (Å²) in [5.41, 5.74) is 4.26. The SMILES string of the molecule is COc1ccc(C2=NN3[C@@H](c4ccccc4OC)Oc4ccccc4[C@@H]3C2)cc1. The van der Waals surface area contributed by atoms with Gasteiger partial charge in [0.15, 0.2) is 0 Å². The molecule has 2 heterocycles. The Labute approximate surface area is 170 Å². The van der Waals surface area contributed by atoms with E-state index in [2.05, 4.69) is 29.3 Å². The first kappa shape index (κ1) is 17.6. The van der Waals surface area contributed by atoms with Crippen LogP contribution in [0.15, 0.2) is 77.9 Å². The second-order valence-electron chi connectivity index (χ2n) is 7.13. The molecule has 3 aromatic rings. The van der Waals surface area contributed by atoms with Crippen LogP contribution in [-0.4, -0.2) is 24.9 Å². The third-order valence-electron chi connectivity index (χ3n) is 5.53. The predicted molar refractivity (Wildman–Crippen MR) is 112 cm³/mol. The summed E-state index contributed by atoms with van der Waals surface area (Å²) in [4.78, 5) is 0. The Morgan fingerprint density at radius 2 is 1.59 bits per heavy atom. The largest absolute Gasteiger partial charge is 0.497 e. The molecule has 2 aliphatic heterocycles. The first-order valence-corrected chi connectivity index (χ1v) is 9.67. The van der Waals surface area contributed by atoms with E-state index in [1.807, 2.05) is 48.5 Å². The highest BCUT2D eigenvalue weighted by Crippen LogP contribution is 2.48. The monoisotopic (exact) mass is 386 g/mol. The molecule has 29 heavy (non-hydrogen) atoms. The van der Waals surface area contributed by atoms with Gasteiger partial charge in [-0.3, -0.25) is 0 Å². The van der Waals surface area contributed by atoms with Crippen molar-refractivity contribution in [1.82, 2.24) is 5.01 Å². The van der Waals surface area contributed by atoms with Crippen molar-refractivity contribution >= 4 is 5.71 Å². The molecule has 0 aliphatic carbocycles. The minimum absolute atomic E-state index is 0.118. The van der Waals surface area contributed by atoms with E-state index in [4.69, 9.17) is 19.3 Å². The van der Waals surface area contributed by atoms with Crippen LogP contribution in [0, 0.1) is 0 Å². The molecule has 5 nitrogen and oxygen atoms in total. The van der Waals surface area contributed by atoms with E-state index in [0.29, 0.717) is 0 Å². The van der Waals surface area contributed by atoms with Gasteiger partial charge in [-0.05, 0) is 48.0 Å². The summed E-state index contributed by atoms with van der Waals surface area (Å²) in [6, 6.07) is 24.3. The topological polar surface area (TPSA) is 43.3 Å². The van der Waals surface area contributed by atoms with Crippen LogP contribution < -0.4 is 14.2 Å². The molecule has 2 atom stereocenters. The van der Waals surface area contributed by atoms with Crippen LogP contribution in [-0.2, 0) is 0 Å². The molecule has 0 spiro atoms. The molecule has 2 aliphatic rings. The summed E-state index contributed by atoms with van der Waals surface area (Å²) in [6.07, 6.45) is 0.472. The van der Waals surface area contributed by atoms with E-state index in [9.17, 15) is 0 Å². The maximum atomic E-state index is 6.41. The van der Waals surface area contributed by atoms with Crippen LogP contribution in [0.5, 0.6) is 17.2 Å². The Hall–Kier alpha value is -3.47. The lowest BCUT2D eigenvalue weighted by Crippen LogP contribution is -2.33. The number of nitrogens with zero attached hydrogens (tertiary/aromatic N) is 2. The number of hydrogen-bond acceptors (Lipinski definition) is 5. The maximum Gasteiger partial charge on any atom is 0.217 e. The van der Waals surface area contributed by atoms with Gasteiger partial charge in [0.05, 0.1) is 31.5 Å². The molecule has 0 fully saturated rings. The van der Waals surface area contributed by atoms with E-state index < -0.39 is 0 Å². The maximum absolute atomic E-state index is 6.41. The molecule has 5 rings (SSSR count). The fraction of sp³-hybridized carbons (Fsp3) is 0.208. The molecule has 0 amide bonds. The third kappa shape index (κ3) is 2.99. The van der Waals surface area contributed by atoms with Gasteiger partial charge in [0.25, 0.3) is 0 Å². The highest BCUT2D eigenvalue weighted by Gasteiger charge is 2.41. The zero-order valence-electron chi connectivity index (χ0n) is 16.4. The number of fused-ring (bicyclic) bond motifs is 3. The van der Waals surface area contributed by atoms with Gasteiger partial charge < -0.3 is 14.2 Å². The minimum atomic E-state index is -0.346. The lowest BCUT2D eigenvalue weighted by molar-refractivity contribution is -0.0203. The number of rotatable bonds is 4. The summed E-state index contributed by atoms with van der Waals surface area (Å²) in [7, 11) is 3.36. The number of ether oxygens (including phenoxy) is 3. The Morgan fingerprint density at radius 1 is 0.862 bits per heavy atom. The first-order valence-electron chi connectivity index (χ1n) is 9.67. The van der Waals surface area contributed by atoms with Gasteiger partial charge in [-0.1, -0.05) is 30.3 Å². The molecule has 0 saturated heterocycles. The van der Waals surface area contributed by atoms with Crippen molar-refractivity contribution in [3.05, 3.63) is 89.5 Å². The molecule has 0 unspecified atom stereocenters. The highest BCUT2D eigenvalue weighted by molar-refractivity contribution is 6.02. The Kier molecular flexibility index (Phi) is 4.35. The molecule has 3 aromatic carbocycles. The van der Waals surface area contributed by atoms with Gasteiger partial charge in [-0.2, -0.15) is 5.10 Å². The zero-order valence-corrected chi connectivity index (χ0v) is 16.4. The van der Waals surface area contributed by atoms with Crippen LogP contribution >= 0.6 is 0 Å². The molecule has 146 valence electrons. The van der Waals surface area contributed by atoms with E-state index in [-0.39, 0.29) is 12.3 Å². The summed E-state index contributed by atoms with van der Waals surface area (Å²) in [6.45, 7) is 0. The number of hydrogen-bond donors (Lipinski definition) is 0. The van der Waals surface area contributed by atoms with E-state index >= 15 is 0 Å². The fourth-order valence-corrected chi connectivity index (χ4v) is 4.07. The average molecular weight is 386 g/mol. The van der Waals surface area contributed by atoms with E-state index in [1.165, 1.54) is 0 Å². The highest BCUT2D eigenvalue weighted by atomic mass is 16.5. The second-order valence-corrected chi connectivity index (χ2v) is 7.13. The number of benzene rings is 3. The molecular weight excluding hydrogens is 364 g/mol. The van der Waals surface area contributed by atoms with Crippen LogP contribution in [0.3, 0.4) is 0 Å². The molecule has 5 heteroatoms. The average Bonchev–Trinajstić information content (AvgIpc) is 3.24. The van der Waals surface area contributed by atoms with Crippen LogP contribution in [0.2, 0.25) is 0 Å². The van der Waals surface area contributed by atoms with Crippen molar-refractivity contribution in [2.45, 2.75) is 18.7 Å².